The number of anilines is 5. The summed E-state index contributed by atoms with van der Waals surface area (Å²) in [7, 11) is 0. The lowest BCUT2D eigenvalue weighted by molar-refractivity contribution is 0.453. The average Bonchev–Trinajstić information content (AvgIpc) is 3.69. The van der Waals surface area contributed by atoms with Crippen LogP contribution in [-0.2, 0) is 16.2 Å². The monoisotopic (exact) mass is 1030 g/mol. The van der Waals surface area contributed by atoms with E-state index in [-0.39, 0.29) is 21.7 Å². The van der Waals surface area contributed by atoms with E-state index in [4.69, 9.17) is 0 Å². The number of allylic oxidation sites excluding steroid dienone is 4. The molecule has 0 saturated heterocycles. The fraction of sp³-hybridized carbons (Fsp3) is 0.262. The minimum absolute atomic E-state index is 0.0527. The summed E-state index contributed by atoms with van der Waals surface area (Å²) >= 11 is 7.49. The molecular formula is C65H62Br2N2. The Morgan fingerprint density at radius 2 is 0.884 bits per heavy atom. The number of benzene rings is 8. The van der Waals surface area contributed by atoms with Crippen molar-refractivity contribution in [3.63, 3.8) is 0 Å². The number of hydrogen-bond donors (Lipinski definition) is 0. The van der Waals surface area contributed by atoms with Crippen molar-refractivity contribution in [1.29, 1.82) is 0 Å². The van der Waals surface area contributed by atoms with Crippen molar-refractivity contribution in [3.05, 3.63) is 206 Å². The minimum atomic E-state index is -0.308. The van der Waals surface area contributed by atoms with Gasteiger partial charge in [0.25, 0.3) is 0 Å². The first-order chi connectivity index (χ1) is 32.7. The van der Waals surface area contributed by atoms with Crippen LogP contribution in [0.4, 0.5) is 28.4 Å². The molecule has 0 N–H and O–H groups in total. The van der Waals surface area contributed by atoms with Crippen molar-refractivity contribution in [1.82, 2.24) is 0 Å². The maximum absolute atomic E-state index is 3.75. The number of rotatable bonds is 6. The van der Waals surface area contributed by atoms with Gasteiger partial charge in [-0.05, 0) is 157 Å². The standard InChI is InChI=1S/C65H62Br2N2/c1-39-36-41(63(5,6)7)22-35-55(39)69(46-31-25-43(67)26-32-46)57-38-54-59(50-19-15-13-17-48(50)57)52-34-33-51-58-49-18-14-12-16-47(49)56(37-53(58)64(8,9)60(51)61(52)65(54,10)11)68(45-29-23-42(66)24-30-45)44-27-20-40(21-28-44)62(2,3)4/h12-35,37-39H,36H2,1-11H3. The fourth-order valence-electron chi connectivity index (χ4n) is 12.1. The van der Waals surface area contributed by atoms with Crippen LogP contribution in [0.5, 0.6) is 0 Å². The maximum atomic E-state index is 3.75. The van der Waals surface area contributed by atoms with Crippen LogP contribution in [0, 0.1) is 11.3 Å². The third-order valence-corrected chi connectivity index (χ3v) is 16.8. The van der Waals surface area contributed by atoms with Crippen LogP contribution >= 0.6 is 31.9 Å². The highest BCUT2D eigenvalue weighted by molar-refractivity contribution is 9.10. The third-order valence-electron chi connectivity index (χ3n) is 15.7. The highest BCUT2D eigenvalue weighted by atomic mass is 79.9. The molecule has 0 bridgehead atoms. The summed E-state index contributed by atoms with van der Waals surface area (Å²) in [4.78, 5) is 5.04. The number of nitrogens with zero attached hydrogens (tertiary/aromatic N) is 2. The Bertz CT molecular complexity index is 3450. The molecular weight excluding hydrogens is 969 g/mol. The summed E-state index contributed by atoms with van der Waals surface area (Å²) in [5, 5.41) is 5.10. The van der Waals surface area contributed by atoms with Gasteiger partial charge in [0.15, 0.2) is 0 Å². The molecule has 0 aliphatic heterocycles. The van der Waals surface area contributed by atoms with Crippen LogP contribution < -0.4 is 9.80 Å². The molecule has 0 aromatic heterocycles. The first-order valence-electron chi connectivity index (χ1n) is 24.7. The molecule has 4 heteroatoms. The Labute approximate surface area is 427 Å². The van der Waals surface area contributed by atoms with Gasteiger partial charge in [-0.1, -0.05) is 192 Å². The lowest BCUT2D eigenvalue weighted by atomic mass is 9.72. The Balaban J connectivity index is 1.12. The maximum Gasteiger partial charge on any atom is 0.0543 e. The second-order valence-electron chi connectivity index (χ2n) is 22.9. The lowest BCUT2D eigenvalue weighted by Crippen LogP contribution is -2.27. The molecule has 0 radical (unpaired) electrons. The molecule has 8 aromatic rings. The van der Waals surface area contributed by atoms with Crippen molar-refractivity contribution in [2.75, 3.05) is 9.80 Å². The highest BCUT2D eigenvalue weighted by Gasteiger charge is 2.48. The Hall–Kier alpha value is -5.68. The van der Waals surface area contributed by atoms with Gasteiger partial charge in [-0.3, -0.25) is 0 Å². The molecule has 1 unspecified atom stereocenters. The fourth-order valence-corrected chi connectivity index (χ4v) is 12.6. The van der Waals surface area contributed by atoms with Gasteiger partial charge in [0.2, 0.25) is 0 Å². The SMILES string of the molecule is CC1CC(C(C)(C)C)=CC=C1N(c1ccc(Br)cc1)c1cc2c(c3ccccc13)-c1ccc3c(c1C2(C)C)C(C)(C)c1cc(N(c2ccc(Br)cc2)c2ccc(C(C)(C)C)cc2)c2ccccc2c1-3. The van der Waals surface area contributed by atoms with Crippen molar-refractivity contribution in [2.45, 2.75) is 98.8 Å². The van der Waals surface area contributed by atoms with Crippen molar-refractivity contribution < 1.29 is 0 Å². The van der Waals surface area contributed by atoms with E-state index in [0.717, 1.165) is 26.7 Å². The molecule has 2 nitrogen and oxygen atoms in total. The number of hydrogen-bond acceptors (Lipinski definition) is 2. The topological polar surface area (TPSA) is 6.48 Å². The molecule has 0 saturated carbocycles. The van der Waals surface area contributed by atoms with Gasteiger partial charge in [0.05, 0.1) is 11.4 Å². The van der Waals surface area contributed by atoms with Crippen molar-refractivity contribution >= 4 is 81.8 Å². The normalized spacial score (nSPS) is 16.7. The summed E-state index contributed by atoms with van der Waals surface area (Å²) in [6.07, 6.45) is 5.84. The summed E-state index contributed by atoms with van der Waals surface area (Å²) in [5.74, 6) is 0.329. The summed E-state index contributed by atoms with van der Waals surface area (Å²) in [5.41, 5.74) is 20.6. The second-order valence-corrected chi connectivity index (χ2v) is 24.8. The first-order valence-corrected chi connectivity index (χ1v) is 26.3. The molecule has 0 spiro atoms. The van der Waals surface area contributed by atoms with Crippen LogP contribution in [0.3, 0.4) is 0 Å². The van der Waals surface area contributed by atoms with Gasteiger partial charge in [-0.2, -0.15) is 0 Å². The van der Waals surface area contributed by atoms with E-state index in [1.807, 2.05) is 0 Å². The van der Waals surface area contributed by atoms with Gasteiger partial charge in [0, 0.05) is 59.2 Å². The average molecular weight is 1030 g/mol. The van der Waals surface area contributed by atoms with Gasteiger partial charge in [-0.25, -0.2) is 0 Å². The van der Waals surface area contributed by atoms with E-state index < -0.39 is 0 Å². The Kier molecular flexibility index (Phi) is 10.7. The molecule has 346 valence electrons. The third kappa shape index (κ3) is 7.29. The van der Waals surface area contributed by atoms with E-state index in [9.17, 15) is 0 Å². The number of halogens is 2. The molecule has 0 amide bonds. The predicted molar refractivity (Wildman–Crippen MR) is 303 cm³/mol. The zero-order valence-corrected chi connectivity index (χ0v) is 45.1. The minimum Gasteiger partial charge on any atom is -0.313 e. The van der Waals surface area contributed by atoms with E-state index in [0.29, 0.717) is 5.92 Å². The van der Waals surface area contributed by atoms with E-state index in [1.165, 1.54) is 99.9 Å². The molecule has 3 aliphatic rings. The predicted octanol–water partition coefficient (Wildman–Crippen LogP) is 19.9. The van der Waals surface area contributed by atoms with Crippen LogP contribution in [0.25, 0.3) is 43.8 Å². The van der Waals surface area contributed by atoms with Gasteiger partial charge in [0.1, 0.15) is 0 Å². The molecule has 8 aromatic carbocycles. The highest BCUT2D eigenvalue weighted by Crippen LogP contribution is 2.63. The second kappa shape index (κ2) is 16.2. The van der Waals surface area contributed by atoms with Crippen LogP contribution in [0.1, 0.15) is 110 Å². The largest absolute Gasteiger partial charge is 0.313 e. The summed E-state index contributed by atoms with van der Waals surface area (Å²) < 4.78 is 2.14. The molecule has 0 heterocycles. The van der Waals surface area contributed by atoms with Gasteiger partial charge < -0.3 is 9.80 Å². The van der Waals surface area contributed by atoms with E-state index in [2.05, 4.69) is 276 Å². The molecule has 1 atom stereocenters. The van der Waals surface area contributed by atoms with Crippen LogP contribution in [0.15, 0.2) is 178 Å². The smallest absolute Gasteiger partial charge is 0.0543 e. The van der Waals surface area contributed by atoms with E-state index in [1.54, 1.807) is 0 Å². The lowest BCUT2D eigenvalue weighted by Gasteiger charge is -2.37. The quantitative estimate of drug-likeness (QED) is 0.164. The Morgan fingerprint density at radius 1 is 0.478 bits per heavy atom. The van der Waals surface area contributed by atoms with Gasteiger partial charge >= 0.3 is 0 Å². The summed E-state index contributed by atoms with van der Waals surface area (Å²) in [6.45, 7) is 26.2. The first kappa shape index (κ1) is 45.7. The van der Waals surface area contributed by atoms with Gasteiger partial charge in [-0.15, -0.1) is 0 Å². The Morgan fingerprint density at radius 3 is 1.30 bits per heavy atom. The molecule has 69 heavy (non-hydrogen) atoms. The van der Waals surface area contributed by atoms with Crippen LogP contribution in [-0.4, -0.2) is 0 Å². The molecule has 3 aliphatic carbocycles. The summed E-state index contributed by atoms with van der Waals surface area (Å²) in [6, 6.07) is 55.2. The zero-order chi connectivity index (χ0) is 48.5. The molecule has 11 rings (SSSR count). The van der Waals surface area contributed by atoms with Crippen molar-refractivity contribution in [3.8, 4) is 22.3 Å². The van der Waals surface area contributed by atoms with E-state index >= 15 is 0 Å². The number of fused-ring (bicyclic) bond motifs is 11. The zero-order valence-electron chi connectivity index (χ0n) is 41.9. The molecule has 0 fully saturated rings. The van der Waals surface area contributed by atoms with Crippen LogP contribution in [0.2, 0.25) is 0 Å². The van der Waals surface area contributed by atoms with Crippen molar-refractivity contribution in [2.24, 2.45) is 11.3 Å².